The van der Waals surface area contributed by atoms with Gasteiger partial charge in [-0.25, -0.2) is 9.97 Å². The van der Waals surface area contributed by atoms with Gasteiger partial charge in [-0.05, 0) is 24.6 Å². The molecule has 0 spiro atoms. The Morgan fingerprint density at radius 2 is 2.14 bits per heavy atom. The first kappa shape index (κ1) is 13.3. The molecular formula is C14H17N7. The van der Waals surface area contributed by atoms with Crippen LogP contribution in [-0.2, 0) is 13.6 Å². The van der Waals surface area contributed by atoms with Gasteiger partial charge >= 0.3 is 0 Å². The van der Waals surface area contributed by atoms with Crippen LogP contribution in [0.1, 0.15) is 5.56 Å². The van der Waals surface area contributed by atoms with Crippen LogP contribution >= 0.6 is 0 Å². The third kappa shape index (κ3) is 2.91. The largest absolute Gasteiger partial charge is 0.352 e. The lowest BCUT2D eigenvalue weighted by atomic mass is 10.2. The van der Waals surface area contributed by atoms with Gasteiger partial charge in [0, 0.05) is 38.4 Å². The molecule has 0 aliphatic heterocycles. The summed E-state index contributed by atoms with van der Waals surface area (Å²) in [6.45, 7) is 3.48. The fourth-order valence-electron chi connectivity index (χ4n) is 2.11. The Labute approximate surface area is 122 Å². The molecule has 3 heterocycles. The molecule has 0 fully saturated rings. The summed E-state index contributed by atoms with van der Waals surface area (Å²) in [6, 6.07) is 3.85. The summed E-state index contributed by atoms with van der Waals surface area (Å²) in [7, 11) is 1.90. The third-order valence-corrected chi connectivity index (χ3v) is 3.22. The molecule has 0 bridgehead atoms. The minimum absolute atomic E-state index is 0.615. The summed E-state index contributed by atoms with van der Waals surface area (Å²) in [5, 5.41) is 11.6. The first-order chi connectivity index (χ1) is 10.2. The Morgan fingerprint density at radius 3 is 2.86 bits per heavy atom. The molecule has 3 rings (SSSR count). The van der Waals surface area contributed by atoms with Crippen LogP contribution in [0.25, 0.3) is 11.4 Å². The van der Waals surface area contributed by atoms with E-state index in [1.165, 1.54) is 0 Å². The zero-order valence-electron chi connectivity index (χ0n) is 12.1. The van der Waals surface area contributed by atoms with E-state index in [2.05, 4.69) is 25.5 Å². The van der Waals surface area contributed by atoms with E-state index in [-0.39, 0.29) is 0 Å². The Balaban J connectivity index is 1.73. The zero-order valence-corrected chi connectivity index (χ0v) is 12.1. The molecule has 21 heavy (non-hydrogen) atoms. The molecule has 0 saturated carbocycles. The van der Waals surface area contributed by atoms with Crippen LogP contribution < -0.4 is 5.32 Å². The van der Waals surface area contributed by atoms with Gasteiger partial charge in [0.25, 0.3) is 0 Å². The van der Waals surface area contributed by atoms with Gasteiger partial charge in [0.2, 0.25) is 5.95 Å². The van der Waals surface area contributed by atoms with E-state index >= 15 is 0 Å². The van der Waals surface area contributed by atoms with Crippen molar-refractivity contribution >= 4 is 5.95 Å². The average Bonchev–Trinajstić information content (AvgIpc) is 3.12. The molecule has 108 valence electrons. The lowest BCUT2D eigenvalue weighted by molar-refractivity contribution is 0.636. The van der Waals surface area contributed by atoms with Crippen LogP contribution in [0.3, 0.4) is 0 Å². The number of aromatic nitrogens is 6. The van der Waals surface area contributed by atoms with Crippen molar-refractivity contribution in [3.63, 3.8) is 0 Å². The molecule has 0 aliphatic rings. The van der Waals surface area contributed by atoms with Crippen LogP contribution in [0.15, 0.2) is 36.9 Å². The van der Waals surface area contributed by atoms with E-state index in [9.17, 15) is 0 Å². The first-order valence-corrected chi connectivity index (χ1v) is 6.77. The Bertz CT molecular complexity index is 715. The maximum atomic E-state index is 4.58. The highest BCUT2D eigenvalue weighted by molar-refractivity contribution is 5.59. The van der Waals surface area contributed by atoms with Gasteiger partial charge < -0.3 is 5.32 Å². The van der Waals surface area contributed by atoms with Crippen LogP contribution in [0.2, 0.25) is 0 Å². The molecule has 3 aromatic heterocycles. The summed E-state index contributed by atoms with van der Waals surface area (Å²) >= 11 is 0. The molecule has 0 saturated heterocycles. The quantitative estimate of drug-likeness (QED) is 0.768. The second kappa shape index (κ2) is 5.74. The lowest BCUT2D eigenvalue weighted by Crippen LogP contribution is -2.13. The molecule has 0 amide bonds. The van der Waals surface area contributed by atoms with Gasteiger partial charge in [-0.2, -0.15) is 10.2 Å². The number of aryl methyl sites for hydroxylation is 2. The van der Waals surface area contributed by atoms with Gasteiger partial charge in [-0.1, -0.05) is 0 Å². The molecule has 0 atom stereocenters. The highest BCUT2D eigenvalue weighted by Gasteiger charge is 2.09. The highest BCUT2D eigenvalue weighted by atomic mass is 15.3. The van der Waals surface area contributed by atoms with Crippen molar-refractivity contribution in [1.82, 2.24) is 29.5 Å². The van der Waals surface area contributed by atoms with Crippen LogP contribution in [0.4, 0.5) is 5.95 Å². The molecular weight excluding hydrogens is 266 g/mol. The van der Waals surface area contributed by atoms with Crippen molar-refractivity contribution in [1.29, 1.82) is 0 Å². The van der Waals surface area contributed by atoms with E-state index in [1.807, 2.05) is 47.9 Å². The summed E-state index contributed by atoms with van der Waals surface area (Å²) < 4.78 is 3.67. The topological polar surface area (TPSA) is 73.5 Å². The second-order valence-electron chi connectivity index (χ2n) is 4.76. The molecule has 0 unspecified atom stereocenters. The monoisotopic (exact) mass is 283 g/mol. The van der Waals surface area contributed by atoms with E-state index in [0.29, 0.717) is 5.95 Å². The normalized spacial score (nSPS) is 10.8. The van der Waals surface area contributed by atoms with Gasteiger partial charge in [0.15, 0.2) is 0 Å². The van der Waals surface area contributed by atoms with E-state index in [0.717, 1.165) is 30.0 Å². The predicted molar refractivity (Wildman–Crippen MR) is 79.7 cm³/mol. The predicted octanol–water partition coefficient (Wildman–Crippen LogP) is 1.49. The number of hydrogen-bond donors (Lipinski definition) is 1. The maximum absolute atomic E-state index is 4.58. The second-order valence-corrected chi connectivity index (χ2v) is 4.76. The van der Waals surface area contributed by atoms with Crippen LogP contribution in [0, 0.1) is 6.92 Å². The Kier molecular flexibility index (Phi) is 3.63. The Hall–Kier alpha value is -2.70. The highest BCUT2D eigenvalue weighted by Crippen LogP contribution is 2.20. The number of rotatable bonds is 5. The van der Waals surface area contributed by atoms with Crippen molar-refractivity contribution in [2.75, 3.05) is 11.9 Å². The molecule has 7 heteroatoms. The van der Waals surface area contributed by atoms with Crippen molar-refractivity contribution in [3.8, 4) is 11.4 Å². The fraction of sp³-hybridized carbons (Fsp3) is 0.286. The van der Waals surface area contributed by atoms with Crippen molar-refractivity contribution in [3.05, 3.63) is 42.5 Å². The van der Waals surface area contributed by atoms with Gasteiger partial charge in [-0.3, -0.25) is 9.36 Å². The fourth-order valence-corrected chi connectivity index (χ4v) is 2.11. The van der Waals surface area contributed by atoms with Gasteiger partial charge in [0.05, 0.1) is 17.9 Å². The summed E-state index contributed by atoms with van der Waals surface area (Å²) in [5.41, 5.74) is 2.90. The minimum Gasteiger partial charge on any atom is -0.352 e. The number of nitrogens with one attached hydrogen (secondary N) is 1. The zero-order chi connectivity index (χ0) is 14.7. The molecule has 7 nitrogen and oxygen atoms in total. The van der Waals surface area contributed by atoms with E-state index in [4.69, 9.17) is 0 Å². The summed E-state index contributed by atoms with van der Waals surface area (Å²) in [4.78, 5) is 8.90. The van der Waals surface area contributed by atoms with Gasteiger partial charge in [-0.15, -0.1) is 0 Å². The van der Waals surface area contributed by atoms with E-state index in [1.54, 1.807) is 12.4 Å². The number of hydrogen-bond acceptors (Lipinski definition) is 5. The third-order valence-electron chi connectivity index (χ3n) is 3.22. The smallest absolute Gasteiger partial charge is 0.223 e. The maximum Gasteiger partial charge on any atom is 0.223 e. The molecule has 1 N–H and O–H groups in total. The molecule has 0 aromatic carbocycles. The average molecular weight is 283 g/mol. The SMILES string of the molecule is Cc1cnc(NCCn2cccn2)nc1-c1ccnn1C. The van der Waals surface area contributed by atoms with Crippen molar-refractivity contribution in [2.24, 2.45) is 7.05 Å². The lowest BCUT2D eigenvalue weighted by Gasteiger charge is -2.09. The standard InChI is InChI=1S/C14H17N7/c1-11-10-16-14(15-7-9-21-8-3-5-18-21)19-13(11)12-4-6-17-20(12)2/h3-6,8,10H,7,9H2,1-2H3,(H,15,16,19). The molecule has 0 radical (unpaired) electrons. The summed E-state index contributed by atoms with van der Waals surface area (Å²) in [6.07, 6.45) is 7.29. The van der Waals surface area contributed by atoms with Crippen molar-refractivity contribution < 1.29 is 0 Å². The minimum atomic E-state index is 0.615. The van der Waals surface area contributed by atoms with Crippen molar-refractivity contribution in [2.45, 2.75) is 13.5 Å². The van der Waals surface area contributed by atoms with Gasteiger partial charge in [0.1, 0.15) is 0 Å². The summed E-state index contributed by atoms with van der Waals surface area (Å²) in [5.74, 6) is 0.615. The molecule has 3 aromatic rings. The van der Waals surface area contributed by atoms with E-state index < -0.39 is 0 Å². The van der Waals surface area contributed by atoms with Crippen LogP contribution in [-0.4, -0.2) is 36.1 Å². The number of nitrogens with zero attached hydrogens (tertiary/aromatic N) is 6. The number of anilines is 1. The first-order valence-electron chi connectivity index (χ1n) is 6.77. The molecule has 0 aliphatic carbocycles. The Morgan fingerprint density at radius 1 is 1.24 bits per heavy atom. The van der Waals surface area contributed by atoms with Crippen LogP contribution in [0.5, 0.6) is 0 Å².